The number of aliphatic hydroxyl groups is 1. The Balaban J connectivity index is 1.98. The molecule has 0 saturated carbocycles. The molecule has 1 fully saturated rings. The molecule has 1 aliphatic rings. The van der Waals surface area contributed by atoms with Crippen LogP contribution in [-0.2, 0) is 16.3 Å². The molecule has 5 heteroatoms. The minimum absolute atomic E-state index is 0.0166. The van der Waals surface area contributed by atoms with Gasteiger partial charge in [-0.25, -0.2) is 8.42 Å². The van der Waals surface area contributed by atoms with E-state index < -0.39 is 9.84 Å². The van der Waals surface area contributed by atoms with Crippen molar-refractivity contribution in [2.45, 2.75) is 12.5 Å². The summed E-state index contributed by atoms with van der Waals surface area (Å²) in [5.74, 6) is 0.413. The van der Waals surface area contributed by atoms with Crippen LogP contribution in [-0.4, -0.2) is 55.7 Å². The number of rotatable bonds is 4. The van der Waals surface area contributed by atoms with Gasteiger partial charge in [0.1, 0.15) is 0 Å². The number of aliphatic hydroxyl groups excluding tert-OH is 1. The van der Waals surface area contributed by atoms with Crippen molar-refractivity contribution in [2.75, 3.05) is 31.2 Å². The molecule has 0 bridgehead atoms. The fourth-order valence-electron chi connectivity index (χ4n) is 2.29. The van der Waals surface area contributed by atoms with Crippen LogP contribution >= 0.6 is 0 Å². The van der Waals surface area contributed by atoms with Gasteiger partial charge in [-0.05, 0) is 12.0 Å². The quantitative estimate of drug-likeness (QED) is 0.855. The first-order valence-electron chi connectivity index (χ1n) is 6.20. The summed E-state index contributed by atoms with van der Waals surface area (Å²) >= 11 is 0. The van der Waals surface area contributed by atoms with E-state index in [1.807, 2.05) is 30.3 Å². The Morgan fingerprint density at radius 2 is 1.78 bits per heavy atom. The lowest BCUT2D eigenvalue weighted by atomic mass is 10.1. The van der Waals surface area contributed by atoms with Gasteiger partial charge in [-0.3, -0.25) is 4.90 Å². The van der Waals surface area contributed by atoms with Crippen molar-refractivity contribution < 1.29 is 13.5 Å². The van der Waals surface area contributed by atoms with Gasteiger partial charge in [-0.15, -0.1) is 0 Å². The lowest BCUT2D eigenvalue weighted by Gasteiger charge is -2.33. The molecule has 4 nitrogen and oxygen atoms in total. The van der Waals surface area contributed by atoms with Crippen LogP contribution in [0.1, 0.15) is 5.56 Å². The van der Waals surface area contributed by atoms with E-state index in [0.29, 0.717) is 13.1 Å². The van der Waals surface area contributed by atoms with Crippen LogP contribution in [0.25, 0.3) is 0 Å². The molecule has 2 rings (SSSR count). The molecule has 0 spiro atoms. The van der Waals surface area contributed by atoms with Crippen molar-refractivity contribution in [2.24, 2.45) is 0 Å². The summed E-state index contributed by atoms with van der Waals surface area (Å²) in [7, 11) is -2.85. The van der Waals surface area contributed by atoms with Crippen LogP contribution in [0.4, 0.5) is 0 Å². The fourth-order valence-corrected chi connectivity index (χ4v) is 3.52. The van der Waals surface area contributed by atoms with Gasteiger partial charge in [-0.1, -0.05) is 30.3 Å². The second-order valence-corrected chi connectivity index (χ2v) is 7.02. The molecule has 18 heavy (non-hydrogen) atoms. The van der Waals surface area contributed by atoms with E-state index in [-0.39, 0.29) is 24.2 Å². The predicted octanol–water partition coefficient (Wildman–Crippen LogP) is 0.320. The summed E-state index contributed by atoms with van der Waals surface area (Å²) in [5, 5.41) is 9.48. The van der Waals surface area contributed by atoms with Crippen LogP contribution in [0.3, 0.4) is 0 Å². The van der Waals surface area contributed by atoms with Crippen molar-refractivity contribution in [3.8, 4) is 0 Å². The first-order valence-corrected chi connectivity index (χ1v) is 8.02. The zero-order valence-corrected chi connectivity index (χ0v) is 11.1. The molecule has 1 aliphatic heterocycles. The van der Waals surface area contributed by atoms with E-state index in [9.17, 15) is 13.5 Å². The van der Waals surface area contributed by atoms with Gasteiger partial charge < -0.3 is 5.11 Å². The second-order valence-electron chi connectivity index (χ2n) is 4.71. The molecule has 1 N–H and O–H groups in total. The molecule has 0 radical (unpaired) electrons. The number of benzene rings is 1. The maximum absolute atomic E-state index is 11.4. The molecule has 0 aromatic heterocycles. The molecular weight excluding hydrogens is 250 g/mol. The van der Waals surface area contributed by atoms with E-state index in [1.165, 1.54) is 5.56 Å². The van der Waals surface area contributed by atoms with Gasteiger partial charge in [0.25, 0.3) is 0 Å². The Kier molecular flexibility index (Phi) is 4.37. The molecule has 0 amide bonds. The molecule has 1 unspecified atom stereocenters. The number of hydrogen-bond donors (Lipinski definition) is 1. The number of nitrogens with zero attached hydrogens (tertiary/aromatic N) is 1. The van der Waals surface area contributed by atoms with Crippen LogP contribution in [0.15, 0.2) is 30.3 Å². The Morgan fingerprint density at radius 3 is 2.33 bits per heavy atom. The zero-order chi connectivity index (χ0) is 13.0. The van der Waals surface area contributed by atoms with Crippen molar-refractivity contribution in [3.63, 3.8) is 0 Å². The second kappa shape index (κ2) is 5.82. The fraction of sp³-hybridized carbons (Fsp3) is 0.538. The number of hydrogen-bond acceptors (Lipinski definition) is 4. The van der Waals surface area contributed by atoms with Crippen molar-refractivity contribution in [1.82, 2.24) is 4.90 Å². The monoisotopic (exact) mass is 269 g/mol. The summed E-state index contributed by atoms with van der Waals surface area (Å²) in [4.78, 5) is 2.08. The predicted molar refractivity (Wildman–Crippen MR) is 71.2 cm³/mol. The average molecular weight is 269 g/mol. The van der Waals surface area contributed by atoms with Crippen LogP contribution < -0.4 is 0 Å². The SMILES string of the molecule is O=S1(=O)CCN(C(CO)Cc2ccccc2)CC1. The van der Waals surface area contributed by atoms with E-state index in [2.05, 4.69) is 4.90 Å². The average Bonchev–Trinajstić information content (AvgIpc) is 2.38. The first kappa shape index (κ1) is 13.5. The lowest BCUT2D eigenvalue weighted by molar-refractivity contribution is 0.130. The molecule has 1 aromatic rings. The maximum Gasteiger partial charge on any atom is 0.152 e. The smallest absolute Gasteiger partial charge is 0.152 e. The normalized spacial score (nSPS) is 21.6. The minimum Gasteiger partial charge on any atom is -0.395 e. The molecule has 1 saturated heterocycles. The highest BCUT2D eigenvalue weighted by molar-refractivity contribution is 7.91. The van der Waals surface area contributed by atoms with Gasteiger partial charge in [0, 0.05) is 19.1 Å². The summed E-state index contributed by atoms with van der Waals surface area (Å²) in [5.41, 5.74) is 1.17. The van der Waals surface area contributed by atoms with Crippen LogP contribution in [0, 0.1) is 0 Å². The zero-order valence-electron chi connectivity index (χ0n) is 10.3. The third-order valence-electron chi connectivity index (χ3n) is 3.42. The Morgan fingerprint density at radius 1 is 1.17 bits per heavy atom. The van der Waals surface area contributed by atoms with Crippen molar-refractivity contribution >= 4 is 9.84 Å². The summed E-state index contributed by atoms with van der Waals surface area (Å²) in [6.07, 6.45) is 0.761. The third kappa shape index (κ3) is 3.54. The topological polar surface area (TPSA) is 57.6 Å². The van der Waals surface area contributed by atoms with Crippen LogP contribution in [0.5, 0.6) is 0 Å². The van der Waals surface area contributed by atoms with E-state index in [0.717, 1.165) is 6.42 Å². The Bertz CT molecular complexity index is 458. The highest BCUT2D eigenvalue weighted by Crippen LogP contribution is 2.12. The highest BCUT2D eigenvalue weighted by atomic mass is 32.2. The summed E-state index contributed by atoms with van der Waals surface area (Å²) in [6.45, 7) is 1.12. The minimum atomic E-state index is -2.85. The molecule has 1 aromatic carbocycles. The van der Waals surface area contributed by atoms with Gasteiger partial charge in [0.2, 0.25) is 0 Å². The van der Waals surface area contributed by atoms with Crippen molar-refractivity contribution in [3.05, 3.63) is 35.9 Å². The third-order valence-corrected chi connectivity index (χ3v) is 5.03. The summed E-state index contributed by atoms with van der Waals surface area (Å²) in [6, 6.07) is 10.00. The Labute approximate surface area is 108 Å². The van der Waals surface area contributed by atoms with Gasteiger partial charge in [0.15, 0.2) is 9.84 Å². The van der Waals surface area contributed by atoms with E-state index in [4.69, 9.17) is 0 Å². The van der Waals surface area contributed by atoms with Gasteiger partial charge in [-0.2, -0.15) is 0 Å². The molecular formula is C13H19NO3S. The van der Waals surface area contributed by atoms with Crippen molar-refractivity contribution in [1.29, 1.82) is 0 Å². The molecule has 0 aliphatic carbocycles. The van der Waals surface area contributed by atoms with Crippen LogP contribution in [0.2, 0.25) is 0 Å². The largest absolute Gasteiger partial charge is 0.395 e. The first-order chi connectivity index (χ1) is 8.61. The number of sulfone groups is 1. The maximum atomic E-state index is 11.4. The van der Waals surface area contributed by atoms with E-state index >= 15 is 0 Å². The standard InChI is InChI=1S/C13H19NO3S/c15-11-13(10-12-4-2-1-3-5-12)14-6-8-18(16,17)9-7-14/h1-5,13,15H,6-11H2. The lowest BCUT2D eigenvalue weighted by Crippen LogP contribution is -2.48. The Hall–Kier alpha value is -0.910. The molecule has 1 heterocycles. The molecule has 100 valence electrons. The highest BCUT2D eigenvalue weighted by Gasteiger charge is 2.26. The molecule has 1 atom stereocenters. The summed E-state index contributed by atoms with van der Waals surface area (Å²) < 4.78 is 22.8. The van der Waals surface area contributed by atoms with E-state index in [1.54, 1.807) is 0 Å². The van der Waals surface area contributed by atoms with Gasteiger partial charge >= 0.3 is 0 Å². The van der Waals surface area contributed by atoms with Gasteiger partial charge in [0.05, 0.1) is 18.1 Å².